The maximum absolute atomic E-state index is 6.15. The SMILES string of the molecule is Clc1ccc(Cl)c(CNCCCc2ccccc2)c1Cl. The average molecular weight is 329 g/mol. The van der Waals surface area contributed by atoms with Crippen LogP contribution in [0.5, 0.6) is 0 Å². The number of benzene rings is 2. The number of hydrogen-bond donors (Lipinski definition) is 1. The van der Waals surface area contributed by atoms with Crippen molar-refractivity contribution in [1.29, 1.82) is 0 Å². The zero-order valence-electron chi connectivity index (χ0n) is 11.0. The first-order valence-electron chi connectivity index (χ1n) is 6.55. The lowest BCUT2D eigenvalue weighted by molar-refractivity contribution is 0.649. The van der Waals surface area contributed by atoms with Crippen molar-refractivity contribution in [3.05, 3.63) is 68.7 Å². The van der Waals surface area contributed by atoms with Crippen molar-refractivity contribution in [2.24, 2.45) is 0 Å². The van der Waals surface area contributed by atoms with Gasteiger partial charge in [0.05, 0.1) is 10.0 Å². The molecule has 0 aliphatic rings. The van der Waals surface area contributed by atoms with Gasteiger partial charge in [-0.1, -0.05) is 65.1 Å². The monoisotopic (exact) mass is 327 g/mol. The second-order valence-electron chi connectivity index (χ2n) is 4.59. The molecule has 0 aliphatic carbocycles. The third-order valence-electron chi connectivity index (χ3n) is 3.10. The molecule has 2 aromatic rings. The minimum absolute atomic E-state index is 0.537. The molecule has 0 amide bonds. The molecule has 4 heteroatoms. The lowest BCUT2D eigenvalue weighted by Gasteiger charge is -2.10. The van der Waals surface area contributed by atoms with E-state index < -0.39 is 0 Å². The Balaban J connectivity index is 1.78. The van der Waals surface area contributed by atoms with Crippen molar-refractivity contribution in [2.75, 3.05) is 6.54 Å². The lowest BCUT2D eigenvalue weighted by Crippen LogP contribution is -2.16. The summed E-state index contributed by atoms with van der Waals surface area (Å²) in [5.41, 5.74) is 2.22. The predicted molar refractivity (Wildman–Crippen MR) is 87.9 cm³/mol. The minimum Gasteiger partial charge on any atom is -0.313 e. The van der Waals surface area contributed by atoms with E-state index in [1.807, 2.05) is 6.07 Å². The summed E-state index contributed by atoms with van der Waals surface area (Å²) in [4.78, 5) is 0. The summed E-state index contributed by atoms with van der Waals surface area (Å²) in [5.74, 6) is 0. The van der Waals surface area contributed by atoms with Crippen LogP contribution in [0.15, 0.2) is 42.5 Å². The van der Waals surface area contributed by atoms with Gasteiger partial charge in [0.15, 0.2) is 0 Å². The van der Waals surface area contributed by atoms with E-state index in [0.29, 0.717) is 21.6 Å². The summed E-state index contributed by atoms with van der Waals surface area (Å²) < 4.78 is 0. The zero-order chi connectivity index (χ0) is 14.4. The van der Waals surface area contributed by atoms with Crippen molar-refractivity contribution >= 4 is 34.8 Å². The van der Waals surface area contributed by atoms with E-state index in [9.17, 15) is 0 Å². The summed E-state index contributed by atoms with van der Waals surface area (Å²) in [6, 6.07) is 13.9. The molecule has 106 valence electrons. The third-order valence-corrected chi connectivity index (χ3v) is 4.30. The molecule has 0 atom stereocenters. The fourth-order valence-electron chi connectivity index (χ4n) is 2.01. The molecule has 2 rings (SSSR count). The summed E-state index contributed by atoms with van der Waals surface area (Å²) in [7, 11) is 0. The Morgan fingerprint density at radius 1 is 0.850 bits per heavy atom. The Morgan fingerprint density at radius 2 is 1.55 bits per heavy atom. The van der Waals surface area contributed by atoms with Crippen LogP contribution in [-0.2, 0) is 13.0 Å². The van der Waals surface area contributed by atoms with Gasteiger partial charge >= 0.3 is 0 Å². The molecule has 0 unspecified atom stereocenters. The minimum atomic E-state index is 0.537. The van der Waals surface area contributed by atoms with Crippen LogP contribution >= 0.6 is 34.8 Å². The Hall–Kier alpha value is -0.730. The van der Waals surface area contributed by atoms with Crippen molar-refractivity contribution in [3.63, 3.8) is 0 Å². The van der Waals surface area contributed by atoms with E-state index in [1.165, 1.54) is 5.56 Å². The summed E-state index contributed by atoms with van der Waals surface area (Å²) >= 11 is 18.3. The fourth-order valence-corrected chi connectivity index (χ4v) is 2.69. The van der Waals surface area contributed by atoms with Crippen molar-refractivity contribution in [3.8, 4) is 0 Å². The molecule has 0 aliphatic heterocycles. The number of nitrogens with one attached hydrogen (secondary N) is 1. The highest BCUT2D eigenvalue weighted by atomic mass is 35.5. The molecule has 0 aromatic heterocycles. The maximum atomic E-state index is 6.15. The van der Waals surface area contributed by atoms with E-state index in [0.717, 1.165) is 24.9 Å². The van der Waals surface area contributed by atoms with Crippen molar-refractivity contribution in [1.82, 2.24) is 5.32 Å². The Morgan fingerprint density at radius 3 is 2.30 bits per heavy atom. The van der Waals surface area contributed by atoms with Gasteiger partial charge in [0.25, 0.3) is 0 Å². The summed E-state index contributed by atoms with van der Waals surface area (Å²) in [5, 5.41) is 5.08. The Bertz CT molecular complexity index is 555. The molecule has 0 heterocycles. The number of hydrogen-bond acceptors (Lipinski definition) is 1. The quantitative estimate of drug-likeness (QED) is 0.555. The van der Waals surface area contributed by atoms with E-state index in [2.05, 4.69) is 29.6 Å². The van der Waals surface area contributed by atoms with Crippen LogP contribution in [0.2, 0.25) is 15.1 Å². The van der Waals surface area contributed by atoms with Gasteiger partial charge in [-0.3, -0.25) is 0 Å². The molecule has 0 bridgehead atoms. The molecule has 1 N–H and O–H groups in total. The standard InChI is InChI=1S/C16H16Cl3N/c17-14-8-9-15(18)16(19)13(14)11-20-10-4-7-12-5-2-1-3-6-12/h1-3,5-6,8-9,20H,4,7,10-11H2. The molecular formula is C16H16Cl3N. The van der Waals surface area contributed by atoms with Gasteiger partial charge in [0.2, 0.25) is 0 Å². The molecule has 0 radical (unpaired) electrons. The maximum Gasteiger partial charge on any atom is 0.0652 e. The number of aryl methyl sites for hydroxylation is 1. The van der Waals surface area contributed by atoms with Crippen LogP contribution in [-0.4, -0.2) is 6.54 Å². The van der Waals surface area contributed by atoms with Crippen LogP contribution in [0.25, 0.3) is 0 Å². The summed E-state index contributed by atoms with van der Waals surface area (Å²) in [6.07, 6.45) is 2.13. The van der Waals surface area contributed by atoms with Gasteiger partial charge in [-0.05, 0) is 37.1 Å². The molecule has 0 spiro atoms. The largest absolute Gasteiger partial charge is 0.313 e. The highest BCUT2D eigenvalue weighted by molar-refractivity contribution is 6.44. The molecule has 1 nitrogen and oxygen atoms in total. The summed E-state index contributed by atoms with van der Waals surface area (Å²) in [6.45, 7) is 1.54. The van der Waals surface area contributed by atoms with Gasteiger partial charge in [-0.15, -0.1) is 0 Å². The first-order chi connectivity index (χ1) is 9.68. The van der Waals surface area contributed by atoms with Crippen LogP contribution in [0.1, 0.15) is 17.5 Å². The normalized spacial score (nSPS) is 10.8. The highest BCUT2D eigenvalue weighted by Gasteiger charge is 2.08. The van der Waals surface area contributed by atoms with Crippen molar-refractivity contribution in [2.45, 2.75) is 19.4 Å². The van der Waals surface area contributed by atoms with E-state index >= 15 is 0 Å². The van der Waals surface area contributed by atoms with Gasteiger partial charge in [0.1, 0.15) is 0 Å². The topological polar surface area (TPSA) is 12.0 Å². The van der Waals surface area contributed by atoms with Gasteiger partial charge in [0, 0.05) is 17.1 Å². The van der Waals surface area contributed by atoms with E-state index in [-0.39, 0.29) is 0 Å². The molecule has 2 aromatic carbocycles. The van der Waals surface area contributed by atoms with Gasteiger partial charge < -0.3 is 5.32 Å². The zero-order valence-corrected chi connectivity index (χ0v) is 13.3. The molecule has 0 fully saturated rings. The number of rotatable bonds is 6. The Kier molecular flexibility index (Phi) is 6.18. The first kappa shape index (κ1) is 15.7. The second kappa shape index (κ2) is 7.90. The second-order valence-corrected chi connectivity index (χ2v) is 5.78. The van der Waals surface area contributed by atoms with Crippen LogP contribution in [0.4, 0.5) is 0 Å². The molecule has 0 saturated carbocycles. The van der Waals surface area contributed by atoms with Crippen LogP contribution in [0, 0.1) is 0 Å². The molecular weight excluding hydrogens is 313 g/mol. The van der Waals surface area contributed by atoms with E-state index in [4.69, 9.17) is 34.8 Å². The van der Waals surface area contributed by atoms with Crippen LogP contribution in [0.3, 0.4) is 0 Å². The van der Waals surface area contributed by atoms with E-state index in [1.54, 1.807) is 12.1 Å². The predicted octanol–water partition coefficient (Wildman–Crippen LogP) is 5.37. The number of halogens is 3. The molecule has 0 saturated heterocycles. The van der Waals surface area contributed by atoms with Gasteiger partial charge in [-0.2, -0.15) is 0 Å². The molecule has 20 heavy (non-hydrogen) atoms. The third kappa shape index (κ3) is 4.39. The lowest BCUT2D eigenvalue weighted by atomic mass is 10.1. The Labute approximate surface area is 134 Å². The van der Waals surface area contributed by atoms with Gasteiger partial charge in [-0.25, -0.2) is 0 Å². The average Bonchev–Trinajstić information content (AvgIpc) is 2.47. The van der Waals surface area contributed by atoms with Crippen LogP contribution < -0.4 is 5.32 Å². The van der Waals surface area contributed by atoms with Crippen molar-refractivity contribution < 1.29 is 0 Å². The first-order valence-corrected chi connectivity index (χ1v) is 7.69. The smallest absolute Gasteiger partial charge is 0.0652 e. The fraction of sp³-hybridized carbons (Fsp3) is 0.250. The highest BCUT2D eigenvalue weighted by Crippen LogP contribution is 2.31.